The molecule has 0 aromatic carbocycles. The number of amides is 3. The molecule has 15 heteroatoms. The van der Waals surface area contributed by atoms with Crippen LogP contribution in [0.25, 0.3) is 0 Å². The van der Waals surface area contributed by atoms with Crippen molar-refractivity contribution in [3.63, 3.8) is 0 Å². The molecule has 6 atom stereocenters. The molecule has 0 saturated carbocycles. The number of carboxylic acids is 2. The third-order valence-electron chi connectivity index (χ3n) is 4.54. The number of aliphatic hydroxyl groups is 3. The number of hydrogen-bond donors (Lipinski definition) is 7. The van der Waals surface area contributed by atoms with Crippen LogP contribution in [0.15, 0.2) is 0 Å². The molecule has 0 spiro atoms. The molecule has 5 unspecified atom stereocenters. The first-order valence-corrected chi connectivity index (χ1v) is 9.91. The van der Waals surface area contributed by atoms with E-state index in [1.807, 2.05) is 0 Å². The minimum Gasteiger partial charge on any atom is -0.480 e. The van der Waals surface area contributed by atoms with Crippen molar-refractivity contribution < 1.29 is 59.0 Å². The largest absolute Gasteiger partial charge is 0.480 e. The zero-order valence-electron chi connectivity index (χ0n) is 18.0. The second kappa shape index (κ2) is 13.0. The Morgan fingerprint density at radius 3 is 2.00 bits per heavy atom. The topological polar surface area (TPSA) is 232 Å². The highest BCUT2D eigenvalue weighted by molar-refractivity contribution is 5.90. The van der Waals surface area contributed by atoms with Gasteiger partial charge in [0.05, 0.1) is 31.7 Å². The highest BCUT2D eigenvalue weighted by atomic mass is 16.7. The number of nitrogens with one attached hydrogen (secondary N) is 2. The van der Waals surface area contributed by atoms with Gasteiger partial charge in [-0.2, -0.15) is 0 Å². The van der Waals surface area contributed by atoms with E-state index in [-0.39, 0.29) is 6.42 Å². The van der Waals surface area contributed by atoms with Crippen molar-refractivity contribution in [3.05, 3.63) is 0 Å². The molecule has 0 bridgehead atoms. The molecule has 33 heavy (non-hydrogen) atoms. The summed E-state index contributed by atoms with van der Waals surface area (Å²) < 4.78 is 10.7. The van der Waals surface area contributed by atoms with E-state index < -0.39 is 92.6 Å². The molecule has 0 radical (unpaired) electrons. The lowest BCUT2D eigenvalue weighted by molar-refractivity contribution is -0.302. The zero-order valence-corrected chi connectivity index (χ0v) is 18.0. The summed E-state index contributed by atoms with van der Waals surface area (Å²) in [5.41, 5.74) is 0. The standard InChI is InChI=1S/C18H29N3O12/c1-8(32-18-17(31)16(30)15(29)9(2)33-18)3-10(22)19-4-11(23)20-5-12(24)21(6-13(25)26)7-14(27)28/h8-9,15-18,29-31H,3-7H2,1-2H3,(H,19,22)(H,20,23)(H,25,26)(H,27,28)/t8-,9?,15?,16?,17?,18?/m1/s1. The number of aliphatic carboxylic acids is 2. The summed E-state index contributed by atoms with van der Waals surface area (Å²) in [6, 6.07) is 0. The predicted molar refractivity (Wildman–Crippen MR) is 105 cm³/mol. The van der Waals surface area contributed by atoms with Gasteiger partial charge in [-0.1, -0.05) is 0 Å². The lowest BCUT2D eigenvalue weighted by Crippen LogP contribution is -2.57. The number of carboxylic acid groups (broad SMARTS) is 2. The maximum atomic E-state index is 12.0. The number of hydrogen-bond acceptors (Lipinski definition) is 10. The van der Waals surface area contributed by atoms with Gasteiger partial charge < -0.3 is 50.5 Å². The van der Waals surface area contributed by atoms with Crippen LogP contribution in [0, 0.1) is 0 Å². The van der Waals surface area contributed by atoms with E-state index in [1.165, 1.54) is 13.8 Å². The fourth-order valence-electron chi connectivity index (χ4n) is 2.82. The minimum atomic E-state index is -1.54. The molecule has 1 aliphatic rings. The van der Waals surface area contributed by atoms with Crippen molar-refractivity contribution in [3.8, 4) is 0 Å². The minimum absolute atomic E-state index is 0.253. The van der Waals surface area contributed by atoms with Crippen LogP contribution in [0.3, 0.4) is 0 Å². The second-order valence-corrected chi connectivity index (χ2v) is 7.42. The molecule has 1 saturated heterocycles. The first-order valence-electron chi connectivity index (χ1n) is 9.91. The van der Waals surface area contributed by atoms with Crippen molar-refractivity contribution in [2.75, 3.05) is 26.2 Å². The number of aliphatic hydroxyl groups excluding tert-OH is 3. The van der Waals surface area contributed by atoms with Crippen molar-refractivity contribution in [1.82, 2.24) is 15.5 Å². The van der Waals surface area contributed by atoms with E-state index in [4.69, 9.17) is 19.7 Å². The van der Waals surface area contributed by atoms with Gasteiger partial charge in [-0.25, -0.2) is 0 Å². The number of carbonyl (C=O) groups excluding carboxylic acids is 3. The van der Waals surface area contributed by atoms with Crippen LogP contribution in [0.4, 0.5) is 0 Å². The average Bonchev–Trinajstić information content (AvgIpc) is 2.71. The molecule has 3 amide bonds. The summed E-state index contributed by atoms with van der Waals surface area (Å²) in [6.45, 7) is 0.0439. The lowest BCUT2D eigenvalue weighted by Gasteiger charge is -2.39. The van der Waals surface area contributed by atoms with Crippen LogP contribution < -0.4 is 10.6 Å². The SMILES string of the molecule is CC1OC(O[C@H](C)CC(=O)NCC(=O)NCC(=O)N(CC(=O)O)CC(=O)O)C(O)C(O)C1O. The molecular weight excluding hydrogens is 450 g/mol. The summed E-state index contributed by atoms with van der Waals surface area (Å²) in [5.74, 6) is -5.19. The van der Waals surface area contributed by atoms with E-state index in [2.05, 4.69) is 10.6 Å². The van der Waals surface area contributed by atoms with Crippen molar-refractivity contribution in [2.45, 2.75) is 57.1 Å². The number of ether oxygens (including phenoxy) is 2. The third kappa shape index (κ3) is 9.67. The summed E-state index contributed by atoms with van der Waals surface area (Å²) in [5, 5.41) is 51.2. The highest BCUT2D eigenvalue weighted by Gasteiger charge is 2.43. The Balaban J connectivity index is 2.39. The Hall–Kier alpha value is -2.85. The van der Waals surface area contributed by atoms with E-state index in [0.29, 0.717) is 4.90 Å². The number of nitrogens with zero attached hydrogens (tertiary/aromatic N) is 1. The molecule has 0 aliphatic carbocycles. The Morgan fingerprint density at radius 1 is 0.909 bits per heavy atom. The first-order chi connectivity index (χ1) is 15.3. The molecular formula is C18H29N3O12. The van der Waals surface area contributed by atoms with E-state index in [1.54, 1.807) is 0 Å². The molecule has 0 aromatic rings. The van der Waals surface area contributed by atoms with Gasteiger partial charge in [0.15, 0.2) is 6.29 Å². The Labute approximate surface area is 188 Å². The van der Waals surface area contributed by atoms with Crippen molar-refractivity contribution in [1.29, 1.82) is 0 Å². The van der Waals surface area contributed by atoms with Crippen LogP contribution in [-0.4, -0.2) is 123 Å². The van der Waals surface area contributed by atoms with Gasteiger partial charge in [0.1, 0.15) is 31.4 Å². The van der Waals surface area contributed by atoms with Gasteiger partial charge in [-0.3, -0.25) is 24.0 Å². The van der Waals surface area contributed by atoms with Gasteiger partial charge in [-0.05, 0) is 13.8 Å². The molecule has 15 nitrogen and oxygen atoms in total. The highest BCUT2D eigenvalue weighted by Crippen LogP contribution is 2.23. The molecule has 0 aromatic heterocycles. The van der Waals surface area contributed by atoms with Gasteiger partial charge in [0.25, 0.3) is 0 Å². The maximum Gasteiger partial charge on any atom is 0.323 e. The number of rotatable bonds is 12. The predicted octanol–water partition coefficient (Wildman–Crippen LogP) is -4.16. The van der Waals surface area contributed by atoms with Crippen LogP contribution in [0.1, 0.15) is 20.3 Å². The van der Waals surface area contributed by atoms with Crippen molar-refractivity contribution in [2.24, 2.45) is 0 Å². The molecule has 1 fully saturated rings. The third-order valence-corrected chi connectivity index (χ3v) is 4.54. The Morgan fingerprint density at radius 2 is 1.45 bits per heavy atom. The molecule has 1 aliphatic heterocycles. The van der Waals surface area contributed by atoms with Gasteiger partial charge >= 0.3 is 11.9 Å². The van der Waals surface area contributed by atoms with Gasteiger partial charge in [0.2, 0.25) is 17.7 Å². The zero-order chi connectivity index (χ0) is 25.3. The normalized spacial score (nSPS) is 25.5. The van der Waals surface area contributed by atoms with Gasteiger partial charge in [0, 0.05) is 0 Å². The lowest BCUT2D eigenvalue weighted by atomic mass is 10.00. The molecule has 1 rings (SSSR count). The molecule has 188 valence electrons. The van der Waals surface area contributed by atoms with Crippen LogP contribution in [-0.2, 0) is 33.4 Å². The second-order valence-electron chi connectivity index (χ2n) is 7.42. The van der Waals surface area contributed by atoms with E-state index >= 15 is 0 Å². The van der Waals surface area contributed by atoms with E-state index in [0.717, 1.165) is 0 Å². The molecule has 7 N–H and O–H groups in total. The van der Waals surface area contributed by atoms with E-state index in [9.17, 15) is 39.3 Å². The van der Waals surface area contributed by atoms with Crippen molar-refractivity contribution >= 4 is 29.7 Å². The summed E-state index contributed by atoms with van der Waals surface area (Å²) >= 11 is 0. The quantitative estimate of drug-likeness (QED) is 0.141. The van der Waals surface area contributed by atoms with Crippen LogP contribution in [0.5, 0.6) is 0 Å². The van der Waals surface area contributed by atoms with Crippen LogP contribution in [0.2, 0.25) is 0 Å². The summed E-state index contributed by atoms with van der Waals surface area (Å²) in [4.78, 5) is 57.6. The Bertz CT molecular complexity index is 716. The monoisotopic (exact) mass is 479 g/mol. The summed E-state index contributed by atoms with van der Waals surface area (Å²) in [6.07, 6.45) is -7.48. The molecule has 1 heterocycles. The average molecular weight is 479 g/mol. The maximum absolute atomic E-state index is 12.0. The van der Waals surface area contributed by atoms with Crippen LogP contribution >= 0.6 is 0 Å². The number of carbonyl (C=O) groups is 5. The first kappa shape index (κ1) is 28.2. The smallest absolute Gasteiger partial charge is 0.323 e. The van der Waals surface area contributed by atoms with Gasteiger partial charge in [-0.15, -0.1) is 0 Å². The fourth-order valence-corrected chi connectivity index (χ4v) is 2.82. The Kier molecular flexibility index (Phi) is 11.1. The fraction of sp³-hybridized carbons (Fsp3) is 0.722. The summed E-state index contributed by atoms with van der Waals surface area (Å²) in [7, 11) is 0.